The number of nitrogens with zero attached hydrogens (tertiary/aromatic N) is 1. The van der Waals surface area contributed by atoms with Gasteiger partial charge in [-0.3, -0.25) is 13.8 Å². The maximum absolute atomic E-state index is 12.9. The van der Waals surface area contributed by atoms with E-state index in [0.717, 1.165) is 70.6 Å². The van der Waals surface area contributed by atoms with Crippen LogP contribution in [-0.4, -0.2) is 73.4 Å². The Bertz CT molecular complexity index is 1190. The van der Waals surface area contributed by atoms with Gasteiger partial charge in [-0.15, -0.1) is 0 Å². The van der Waals surface area contributed by atoms with Crippen molar-refractivity contribution in [1.29, 1.82) is 0 Å². The number of allylic oxidation sites excluding steroid dienone is 11. The summed E-state index contributed by atoms with van der Waals surface area (Å²) in [6, 6.07) is -0.880. The van der Waals surface area contributed by atoms with Crippen LogP contribution in [0, 0.1) is 0 Å². The molecule has 9 heteroatoms. The van der Waals surface area contributed by atoms with Gasteiger partial charge >= 0.3 is 7.82 Å². The molecule has 0 heterocycles. The number of unbranched alkanes of at least 4 members (excludes halogenated alkanes) is 19. The van der Waals surface area contributed by atoms with Gasteiger partial charge in [0, 0.05) is 6.42 Å². The lowest BCUT2D eigenvalue weighted by atomic mass is 10.1. The highest BCUT2D eigenvalue weighted by Gasteiger charge is 2.27. The van der Waals surface area contributed by atoms with E-state index >= 15 is 0 Å². The Hall–Kier alpha value is -2.06. The normalized spacial score (nSPS) is 14.9. The lowest BCUT2D eigenvalue weighted by molar-refractivity contribution is -0.870. The summed E-state index contributed by atoms with van der Waals surface area (Å²) in [7, 11) is 1.53. The Morgan fingerprint density at radius 1 is 0.576 bits per heavy atom. The number of phosphoric acid groups is 1. The molecule has 0 saturated heterocycles. The van der Waals surface area contributed by atoms with Gasteiger partial charge in [-0.1, -0.05) is 170 Å². The molecule has 0 bridgehead atoms. The van der Waals surface area contributed by atoms with Crippen LogP contribution in [0.5, 0.6) is 0 Å². The van der Waals surface area contributed by atoms with Crippen molar-refractivity contribution in [2.45, 2.75) is 199 Å². The van der Waals surface area contributed by atoms with E-state index in [4.69, 9.17) is 9.05 Å². The largest absolute Gasteiger partial charge is 0.472 e. The third-order valence-corrected chi connectivity index (χ3v) is 11.1. The average Bonchev–Trinajstić information content (AvgIpc) is 3.19. The van der Waals surface area contributed by atoms with Gasteiger partial charge in [0.2, 0.25) is 5.91 Å². The number of aliphatic hydroxyl groups is 1. The molecule has 0 saturated carbocycles. The van der Waals surface area contributed by atoms with Crippen LogP contribution in [0.15, 0.2) is 72.9 Å². The molecular weight excluding hydrogens is 756 g/mol. The fourth-order valence-electron chi connectivity index (χ4n) is 6.31. The molecule has 0 aromatic carbocycles. The van der Waals surface area contributed by atoms with Crippen LogP contribution >= 0.6 is 7.82 Å². The minimum Gasteiger partial charge on any atom is -0.387 e. The fourth-order valence-corrected chi connectivity index (χ4v) is 7.05. The summed E-state index contributed by atoms with van der Waals surface area (Å²) >= 11 is 0. The molecule has 0 fully saturated rings. The number of hydrogen-bond donors (Lipinski definition) is 3. The highest BCUT2D eigenvalue weighted by Crippen LogP contribution is 2.43. The highest BCUT2D eigenvalue weighted by atomic mass is 31.2. The summed E-state index contributed by atoms with van der Waals surface area (Å²) in [5.74, 6) is -0.207. The first-order chi connectivity index (χ1) is 28.5. The molecule has 0 spiro atoms. The van der Waals surface area contributed by atoms with Crippen molar-refractivity contribution in [2.24, 2.45) is 0 Å². The van der Waals surface area contributed by atoms with E-state index < -0.39 is 20.0 Å². The lowest BCUT2D eigenvalue weighted by Gasteiger charge is -2.25. The first kappa shape index (κ1) is 56.9. The first-order valence-electron chi connectivity index (χ1n) is 23.8. The molecule has 0 aliphatic heterocycles. The Morgan fingerprint density at radius 2 is 0.983 bits per heavy atom. The Kier molecular flexibility index (Phi) is 39.9. The standard InChI is InChI=1S/C50H91N2O6P/c1-6-8-10-12-14-16-18-20-22-24-26-28-30-32-34-36-38-40-42-44-50(54)51-48(47-58-59(55,56)57-46-45-52(3,4)5)49(53)43-41-39-37-35-33-31-29-27-25-23-21-19-17-15-13-11-9-7-2/h14,16,20,22,25-28,33,35,41,43,48-49,53H,6-13,15,17-19,21,23-24,29-32,34,36-40,42,44-47H2,1-5H3,(H-,51,54,55,56)/p+1/b16-14-,22-20-,27-25+,28-26-,35-33+,43-41+. The van der Waals surface area contributed by atoms with Gasteiger partial charge in [-0.2, -0.15) is 0 Å². The highest BCUT2D eigenvalue weighted by molar-refractivity contribution is 7.47. The van der Waals surface area contributed by atoms with Crippen molar-refractivity contribution in [2.75, 3.05) is 40.9 Å². The van der Waals surface area contributed by atoms with Gasteiger partial charge in [0.25, 0.3) is 0 Å². The summed E-state index contributed by atoms with van der Waals surface area (Å²) in [4.78, 5) is 23.2. The number of quaternary nitrogens is 1. The predicted octanol–water partition coefficient (Wildman–Crippen LogP) is 13.6. The summed E-state index contributed by atoms with van der Waals surface area (Å²) in [6.45, 7) is 4.73. The van der Waals surface area contributed by atoms with Crippen LogP contribution in [-0.2, 0) is 18.4 Å². The number of phosphoric ester groups is 1. The van der Waals surface area contributed by atoms with E-state index in [9.17, 15) is 19.4 Å². The van der Waals surface area contributed by atoms with Crippen LogP contribution in [0.4, 0.5) is 0 Å². The molecular formula is C50H92N2O6P+. The Balaban J connectivity index is 4.50. The zero-order chi connectivity index (χ0) is 43.6. The molecule has 3 unspecified atom stereocenters. The third kappa shape index (κ3) is 43.8. The van der Waals surface area contributed by atoms with Crippen molar-refractivity contribution < 1.29 is 32.9 Å². The molecule has 3 atom stereocenters. The molecule has 8 nitrogen and oxygen atoms in total. The van der Waals surface area contributed by atoms with Gasteiger partial charge in [-0.05, 0) is 83.5 Å². The Labute approximate surface area is 364 Å². The molecule has 0 aromatic rings. The van der Waals surface area contributed by atoms with Crippen LogP contribution < -0.4 is 5.32 Å². The molecule has 0 aromatic heterocycles. The maximum Gasteiger partial charge on any atom is 0.472 e. The summed E-state index contributed by atoms with van der Waals surface area (Å²) in [5.41, 5.74) is 0. The number of carbonyl (C=O) groups excluding carboxylic acids is 1. The first-order valence-corrected chi connectivity index (χ1v) is 25.3. The molecule has 0 radical (unpaired) electrons. The molecule has 3 N–H and O–H groups in total. The second kappa shape index (κ2) is 41.3. The second-order valence-corrected chi connectivity index (χ2v) is 18.6. The van der Waals surface area contributed by atoms with Crippen molar-refractivity contribution in [3.63, 3.8) is 0 Å². The van der Waals surface area contributed by atoms with E-state index in [0.29, 0.717) is 17.4 Å². The molecule has 0 aliphatic rings. The van der Waals surface area contributed by atoms with Crippen molar-refractivity contribution in [3.05, 3.63) is 72.9 Å². The number of nitrogens with one attached hydrogen (secondary N) is 1. The van der Waals surface area contributed by atoms with Gasteiger partial charge in [-0.25, -0.2) is 4.57 Å². The predicted molar refractivity (Wildman–Crippen MR) is 253 cm³/mol. The van der Waals surface area contributed by atoms with E-state index in [-0.39, 0.29) is 19.1 Å². The number of carbonyl (C=O) groups is 1. The van der Waals surface area contributed by atoms with E-state index in [1.165, 1.54) is 96.3 Å². The fraction of sp³-hybridized carbons (Fsp3) is 0.740. The molecule has 0 rings (SSSR count). The van der Waals surface area contributed by atoms with Crippen LogP contribution in [0.2, 0.25) is 0 Å². The second-order valence-electron chi connectivity index (χ2n) is 17.1. The zero-order valence-corrected chi connectivity index (χ0v) is 39.6. The average molecular weight is 848 g/mol. The summed E-state index contributed by atoms with van der Waals surface area (Å²) in [5, 5.41) is 13.8. The zero-order valence-electron chi connectivity index (χ0n) is 38.7. The maximum atomic E-state index is 12.9. The van der Waals surface area contributed by atoms with Gasteiger partial charge in [0.1, 0.15) is 13.2 Å². The van der Waals surface area contributed by atoms with E-state index in [1.54, 1.807) is 6.08 Å². The minimum absolute atomic E-state index is 0.0474. The number of amides is 1. The van der Waals surface area contributed by atoms with Crippen LogP contribution in [0.25, 0.3) is 0 Å². The van der Waals surface area contributed by atoms with Crippen molar-refractivity contribution in [3.8, 4) is 0 Å². The van der Waals surface area contributed by atoms with E-state index in [2.05, 4.69) is 79.9 Å². The van der Waals surface area contributed by atoms with Gasteiger partial charge < -0.3 is 19.8 Å². The minimum atomic E-state index is -4.36. The third-order valence-electron chi connectivity index (χ3n) is 10.1. The number of aliphatic hydroxyl groups excluding tert-OH is 1. The number of hydrogen-bond acceptors (Lipinski definition) is 5. The van der Waals surface area contributed by atoms with Gasteiger partial charge in [0.15, 0.2) is 0 Å². The van der Waals surface area contributed by atoms with Crippen molar-refractivity contribution >= 4 is 13.7 Å². The molecule has 1 amide bonds. The molecule has 0 aliphatic carbocycles. The molecule has 59 heavy (non-hydrogen) atoms. The topological polar surface area (TPSA) is 105 Å². The molecule has 342 valence electrons. The summed E-state index contributed by atoms with van der Waals surface area (Å²) < 4.78 is 23.6. The smallest absolute Gasteiger partial charge is 0.387 e. The quantitative estimate of drug-likeness (QED) is 0.0245. The van der Waals surface area contributed by atoms with Crippen LogP contribution in [0.3, 0.4) is 0 Å². The summed E-state index contributed by atoms with van der Waals surface area (Å²) in [6.07, 6.45) is 55.4. The number of rotatable bonds is 42. The lowest BCUT2D eigenvalue weighted by Crippen LogP contribution is -2.45. The number of likely N-dealkylation sites (N-methyl/N-ethyl adjacent to an activating group) is 1. The van der Waals surface area contributed by atoms with Crippen LogP contribution in [0.1, 0.15) is 187 Å². The van der Waals surface area contributed by atoms with E-state index in [1.807, 2.05) is 27.2 Å². The monoisotopic (exact) mass is 848 g/mol. The SMILES string of the molecule is CCCCC/C=C\C/C=C\C/C=C\CCCCCCCCC(=O)NC(COP(=O)(O)OCC[N+](C)(C)C)C(O)/C=C/CC/C=C/CC/C=C/CCCCCCCCCC. The van der Waals surface area contributed by atoms with Gasteiger partial charge in [0.05, 0.1) is 39.9 Å². The Morgan fingerprint density at radius 3 is 1.51 bits per heavy atom. The van der Waals surface area contributed by atoms with Crippen molar-refractivity contribution in [1.82, 2.24) is 5.32 Å².